The molecule has 112 valence electrons. The van der Waals surface area contributed by atoms with Gasteiger partial charge in [-0.2, -0.15) is 0 Å². The third kappa shape index (κ3) is 2.75. The van der Waals surface area contributed by atoms with Crippen molar-refractivity contribution < 1.29 is 4.39 Å². The fourth-order valence-electron chi connectivity index (χ4n) is 3.76. The zero-order chi connectivity index (χ0) is 14.8. The van der Waals surface area contributed by atoms with E-state index in [1.807, 2.05) is 26.1 Å². The Morgan fingerprint density at radius 3 is 2.40 bits per heavy atom. The molecule has 1 aromatic rings. The number of hydrogen-bond donors (Lipinski definition) is 1. The largest absolute Gasteiger partial charge is 0.311 e. The molecular weight excluding hydrogens is 251 g/mol. The van der Waals surface area contributed by atoms with Gasteiger partial charge in [-0.15, -0.1) is 0 Å². The maximum atomic E-state index is 14.3. The third-order valence-electron chi connectivity index (χ3n) is 4.90. The van der Waals surface area contributed by atoms with Crippen LogP contribution in [0.3, 0.4) is 0 Å². The van der Waals surface area contributed by atoms with Gasteiger partial charge >= 0.3 is 0 Å². The highest BCUT2D eigenvalue weighted by Crippen LogP contribution is 2.42. The minimum absolute atomic E-state index is 0.0155. The van der Waals surface area contributed by atoms with E-state index < -0.39 is 0 Å². The van der Waals surface area contributed by atoms with Crippen molar-refractivity contribution in [2.24, 2.45) is 0 Å². The molecule has 1 aromatic carbocycles. The standard InChI is InChI=1S/C17H27FN2/c1-13-8-9-15(18)14(12-13)16(19-2)17(20(3)4)10-6-5-7-11-17/h8-9,12,16,19H,5-7,10-11H2,1-4H3. The Hall–Kier alpha value is -0.930. The Kier molecular flexibility index (Phi) is 4.82. The zero-order valence-electron chi connectivity index (χ0n) is 13.2. The van der Waals surface area contributed by atoms with Crippen LogP contribution in [-0.4, -0.2) is 31.6 Å². The topological polar surface area (TPSA) is 15.3 Å². The van der Waals surface area contributed by atoms with Crippen LogP contribution in [0, 0.1) is 12.7 Å². The van der Waals surface area contributed by atoms with Crippen molar-refractivity contribution in [3.8, 4) is 0 Å². The highest BCUT2D eigenvalue weighted by atomic mass is 19.1. The highest BCUT2D eigenvalue weighted by molar-refractivity contribution is 5.30. The van der Waals surface area contributed by atoms with E-state index in [0.29, 0.717) is 0 Å². The lowest BCUT2D eigenvalue weighted by Gasteiger charge is -2.48. The van der Waals surface area contributed by atoms with E-state index in [2.05, 4.69) is 24.3 Å². The predicted molar refractivity (Wildman–Crippen MR) is 82.4 cm³/mol. The smallest absolute Gasteiger partial charge is 0.128 e. The van der Waals surface area contributed by atoms with Crippen molar-refractivity contribution in [1.29, 1.82) is 0 Å². The van der Waals surface area contributed by atoms with Gasteiger partial charge in [0.05, 0.1) is 6.04 Å². The molecule has 2 nitrogen and oxygen atoms in total. The Morgan fingerprint density at radius 2 is 1.85 bits per heavy atom. The van der Waals surface area contributed by atoms with Crippen molar-refractivity contribution in [2.75, 3.05) is 21.1 Å². The summed E-state index contributed by atoms with van der Waals surface area (Å²) in [5.41, 5.74) is 1.94. The summed E-state index contributed by atoms with van der Waals surface area (Å²) in [7, 11) is 6.21. The quantitative estimate of drug-likeness (QED) is 0.904. The van der Waals surface area contributed by atoms with Gasteiger partial charge in [0.25, 0.3) is 0 Å². The molecule has 2 rings (SSSR count). The highest BCUT2D eigenvalue weighted by Gasteiger charge is 2.42. The summed E-state index contributed by atoms with van der Waals surface area (Å²) in [6.45, 7) is 2.03. The lowest BCUT2D eigenvalue weighted by Crippen LogP contribution is -2.54. The molecule has 1 aliphatic rings. The van der Waals surface area contributed by atoms with Crippen LogP contribution in [0.2, 0.25) is 0 Å². The molecule has 1 atom stereocenters. The van der Waals surface area contributed by atoms with Gasteiger partial charge in [0.2, 0.25) is 0 Å². The lowest BCUT2D eigenvalue weighted by molar-refractivity contribution is 0.0580. The van der Waals surface area contributed by atoms with Crippen LogP contribution in [0.5, 0.6) is 0 Å². The van der Waals surface area contributed by atoms with E-state index in [1.54, 1.807) is 6.07 Å². The number of rotatable bonds is 4. The number of likely N-dealkylation sites (N-methyl/N-ethyl adjacent to an activating group) is 2. The van der Waals surface area contributed by atoms with Crippen LogP contribution in [-0.2, 0) is 0 Å². The Bertz CT molecular complexity index is 450. The first kappa shape index (κ1) is 15.5. The Labute approximate surface area is 122 Å². The second-order valence-corrected chi connectivity index (χ2v) is 6.31. The molecule has 0 amide bonds. The maximum absolute atomic E-state index is 14.3. The molecule has 1 unspecified atom stereocenters. The molecule has 1 aliphatic carbocycles. The van der Waals surface area contributed by atoms with Crippen LogP contribution >= 0.6 is 0 Å². The number of nitrogens with one attached hydrogen (secondary N) is 1. The van der Waals surface area contributed by atoms with E-state index in [4.69, 9.17) is 0 Å². The number of benzene rings is 1. The molecule has 0 aromatic heterocycles. The normalized spacial score (nSPS) is 20.1. The molecule has 20 heavy (non-hydrogen) atoms. The molecule has 0 bridgehead atoms. The lowest BCUT2D eigenvalue weighted by atomic mass is 9.73. The van der Waals surface area contributed by atoms with Crippen molar-refractivity contribution in [1.82, 2.24) is 10.2 Å². The summed E-state index contributed by atoms with van der Waals surface area (Å²) in [5.74, 6) is -0.0956. The Morgan fingerprint density at radius 1 is 1.20 bits per heavy atom. The summed E-state index contributed by atoms with van der Waals surface area (Å²) in [4.78, 5) is 2.30. The fourth-order valence-corrected chi connectivity index (χ4v) is 3.76. The number of nitrogens with zero attached hydrogens (tertiary/aromatic N) is 1. The minimum atomic E-state index is -0.0956. The predicted octanol–water partition coefficient (Wildman–Crippen LogP) is 3.66. The SMILES string of the molecule is CNC(c1cc(C)ccc1F)C1(N(C)C)CCCCC1. The maximum Gasteiger partial charge on any atom is 0.128 e. The van der Waals surface area contributed by atoms with Crippen LogP contribution in [0.25, 0.3) is 0 Å². The molecule has 0 heterocycles. The van der Waals surface area contributed by atoms with Crippen LogP contribution in [0.1, 0.15) is 49.3 Å². The molecule has 0 saturated heterocycles. The van der Waals surface area contributed by atoms with Crippen molar-refractivity contribution in [3.05, 3.63) is 35.1 Å². The average molecular weight is 278 g/mol. The van der Waals surface area contributed by atoms with Crippen LogP contribution in [0.15, 0.2) is 18.2 Å². The zero-order valence-corrected chi connectivity index (χ0v) is 13.2. The van der Waals surface area contributed by atoms with Crippen LogP contribution < -0.4 is 5.32 Å². The molecule has 1 N–H and O–H groups in total. The number of halogens is 1. The van der Waals surface area contributed by atoms with Crippen molar-refractivity contribution in [2.45, 2.75) is 50.6 Å². The second-order valence-electron chi connectivity index (χ2n) is 6.31. The number of aryl methyl sites for hydroxylation is 1. The van der Waals surface area contributed by atoms with Gasteiger partial charge in [0.15, 0.2) is 0 Å². The van der Waals surface area contributed by atoms with E-state index in [-0.39, 0.29) is 17.4 Å². The van der Waals surface area contributed by atoms with Gasteiger partial charge in [-0.05, 0) is 47.0 Å². The van der Waals surface area contributed by atoms with Crippen LogP contribution in [0.4, 0.5) is 4.39 Å². The van der Waals surface area contributed by atoms with Gasteiger partial charge in [0.1, 0.15) is 5.82 Å². The first-order valence-electron chi connectivity index (χ1n) is 7.62. The van der Waals surface area contributed by atoms with Gasteiger partial charge in [0, 0.05) is 11.1 Å². The van der Waals surface area contributed by atoms with Crippen molar-refractivity contribution >= 4 is 0 Å². The third-order valence-corrected chi connectivity index (χ3v) is 4.90. The molecule has 0 spiro atoms. The first-order valence-corrected chi connectivity index (χ1v) is 7.62. The molecule has 3 heteroatoms. The fraction of sp³-hybridized carbons (Fsp3) is 0.647. The minimum Gasteiger partial charge on any atom is -0.311 e. The van der Waals surface area contributed by atoms with Gasteiger partial charge in [-0.3, -0.25) is 0 Å². The molecule has 0 radical (unpaired) electrons. The van der Waals surface area contributed by atoms with E-state index in [9.17, 15) is 4.39 Å². The molecular formula is C17H27FN2. The second kappa shape index (κ2) is 6.23. The van der Waals surface area contributed by atoms with Gasteiger partial charge < -0.3 is 10.2 Å². The number of hydrogen-bond acceptors (Lipinski definition) is 2. The summed E-state index contributed by atoms with van der Waals surface area (Å²) in [6.07, 6.45) is 5.99. The molecule has 1 saturated carbocycles. The van der Waals surface area contributed by atoms with E-state index >= 15 is 0 Å². The summed E-state index contributed by atoms with van der Waals surface area (Å²) < 4.78 is 14.3. The van der Waals surface area contributed by atoms with Crippen molar-refractivity contribution in [3.63, 3.8) is 0 Å². The first-order chi connectivity index (χ1) is 9.51. The summed E-state index contributed by atoms with van der Waals surface area (Å²) in [6, 6.07) is 5.48. The van der Waals surface area contributed by atoms with E-state index in [0.717, 1.165) is 24.0 Å². The van der Waals surface area contributed by atoms with E-state index in [1.165, 1.54) is 19.3 Å². The van der Waals surface area contributed by atoms with Gasteiger partial charge in [-0.1, -0.05) is 37.0 Å². The van der Waals surface area contributed by atoms with Gasteiger partial charge in [-0.25, -0.2) is 4.39 Å². The average Bonchev–Trinajstić information content (AvgIpc) is 2.44. The molecule has 0 aliphatic heterocycles. The Balaban J connectivity index is 2.45. The molecule has 1 fully saturated rings. The summed E-state index contributed by atoms with van der Waals surface area (Å²) in [5, 5.41) is 3.40. The monoisotopic (exact) mass is 278 g/mol. The summed E-state index contributed by atoms with van der Waals surface area (Å²) >= 11 is 0.